The second-order valence-corrected chi connectivity index (χ2v) is 9.97. The van der Waals surface area contributed by atoms with E-state index in [1.165, 1.54) is 28.5 Å². The summed E-state index contributed by atoms with van der Waals surface area (Å²) in [5.74, 6) is 3.28. The molecule has 0 saturated heterocycles. The van der Waals surface area contributed by atoms with E-state index >= 15 is 0 Å². The predicted molar refractivity (Wildman–Crippen MR) is 116 cm³/mol. The van der Waals surface area contributed by atoms with Crippen LogP contribution in [-0.4, -0.2) is 0 Å². The summed E-state index contributed by atoms with van der Waals surface area (Å²) >= 11 is 8.44. The van der Waals surface area contributed by atoms with E-state index in [-0.39, 0.29) is 5.41 Å². The maximum absolute atomic E-state index is 6.45. The summed E-state index contributed by atoms with van der Waals surface area (Å²) in [6.07, 6.45) is 9.49. The third-order valence-electron chi connectivity index (χ3n) is 7.28. The smallest absolute Gasteiger partial charge is 0.149 e. The molecule has 0 bridgehead atoms. The van der Waals surface area contributed by atoms with E-state index in [4.69, 9.17) is 16.3 Å². The largest absolute Gasteiger partial charge is 0.459 e. The van der Waals surface area contributed by atoms with Crippen LogP contribution < -0.4 is 4.74 Å². The van der Waals surface area contributed by atoms with Gasteiger partial charge in [-0.2, -0.15) is 0 Å². The van der Waals surface area contributed by atoms with E-state index < -0.39 is 0 Å². The van der Waals surface area contributed by atoms with Crippen LogP contribution in [0.2, 0.25) is 5.02 Å². The van der Waals surface area contributed by atoms with Crippen LogP contribution in [0.4, 0.5) is 0 Å². The second-order valence-electron chi connectivity index (χ2n) is 8.52. The number of allylic oxidation sites excluding steroid dienone is 4. The number of hydrogen-bond donors (Lipinski definition) is 0. The van der Waals surface area contributed by atoms with Crippen LogP contribution in [0.3, 0.4) is 0 Å². The Morgan fingerprint density at radius 3 is 2.96 bits per heavy atom. The number of fused-ring (bicyclic) bond motifs is 4. The second kappa shape index (κ2) is 5.31. The Balaban J connectivity index is 1.35. The fraction of sp³-hybridized carbons (Fsp3) is 0.280. The third kappa shape index (κ3) is 1.84. The lowest BCUT2D eigenvalue weighted by atomic mass is 9.76. The third-order valence-corrected chi connectivity index (χ3v) is 8.84. The van der Waals surface area contributed by atoms with Crippen LogP contribution in [0.5, 0.6) is 5.75 Å². The van der Waals surface area contributed by atoms with Gasteiger partial charge in [0.25, 0.3) is 0 Å². The Hall–Kier alpha value is -2.03. The van der Waals surface area contributed by atoms with Gasteiger partial charge in [-0.3, -0.25) is 0 Å². The molecule has 1 aliphatic heterocycles. The molecule has 3 atom stereocenters. The molecular formula is C25H19ClOS. The number of ether oxygens (including phenoxy) is 1. The number of thiophene rings is 1. The minimum absolute atomic E-state index is 0.0816. The summed E-state index contributed by atoms with van der Waals surface area (Å²) in [6.45, 7) is 0. The molecule has 138 valence electrons. The first-order chi connectivity index (χ1) is 13.8. The Morgan fingerprint density at radius 1 is 1.07 bits per heavy atom. The maximum atomic E-state index is 6.45. The highest BCUT2D eigenvalue weighted by molar-refractivity contribution is 7.20. The van der Waals surface area contributed by atoms with Crippen molar-refractivity contribution in [1.29, 1.82) is 0 Å². The highest BCUT2D eigenvalue weighted by Gasteiger charge is 2.67. The maximum Gasteiger partial charge on any atom is 0.149 e. The summed E-state index contributed by atoms with van der Waals surface area (Å²) in [6, 6.07) is 15.2. The van der Waals surface area contributed by atoms with Gasteiger partial charge in [0.1, 0.15) is 11.5 Å². The van der Waals surface area contributed by atoms with Crippen molar-refractivity contribution in [3.05, 3.63) is 81.4 Å². The van der Waals surface area contributed by atoms with Crippen molar-refractivity contribution in [1.82, 2.24) is 0 Å². The minimum Gasteiger partial charge on any atom is -0.459 e. The summed E-state index contributed by atoms with van der Waals surface area (Å²) in [5, 5.41) is 2.21. The van der Waals surface area contributed by atoms with Gasteiger partial charge in [-0.05, 0) is 72.3 Å². The molecule has 1 spiro atoms. The quantitative estimate of drug-likeness (QED) is 0.420. The molecule has 4 aliphatic rings. The zero-order chi connectivity index (χ0) is 18.5. The van der Waals surface area contributed by atoms with Crippen LogP contribution in [0.15, 0.2) is 60.4 Å². The first kappa shape index (κ1) is 15.8. The fourth-order valence-electron chi connectivity index (χ4n) is 5.99. The van der Waals surface area contributed by atoms with E-state index in [1.54, 1.807) is 16.0 Å². The molecule has 1 nitrogen and oxygen atoms in total. The minimum atomic E-state index is 0.0816. The van der Waals surface area contributed by atoms with E-state index in [0.29, 0.717) is 11.8 Å². The predicted octanol–water partition coefficient (Wildman–Crippen LogP) is 7.14. The van der Waals surface area contributed by atoms with Gasteiger partial charge in [-0.25, -0.2) is 0 Å². The summed E-state index contributed by atoms with van der Waals surface area (Å²) < 4.78 is 7.68. The van der Waals surface area contributed by atoms with Crippen molar-refractivity contribution in [2.75, 3.05) is 0 Å². The van der Waals surface area contributed by atoms with Gasteiger partial charge in [0.05, 0.1) is 10.4 Å². The number of para-hydroxylation sites is 1. The van der Waals surface area contributed by atoms with Crippen LogP contribution >= 0.6 is 22.9 Å². The number of aryl methyl sites for hydroxylation is 1. The molecule has 1 fully saturated rings. The lowest BCUT2D eigenvalue weighted by molar-refractivity contribution is 0.380. The summed E-state index contributed by atoms with van der Waals surface area (Å²) in [5.41, 5.74) is 4.57. The Kier molecular flexibility index (Phi) is 3.01. The molecule has 0 amide bonds. The highest BCUT2D eigenvalue weighted by atomic mass is 35.5. The van der Waals surface area contributed by atoms with E-state index in [0.717, 1.165) is 29.4 Å². The molecule has 3 aromatic rings. The molecule has 3 heteroatoms. The van der Waals surface area contributed by atoms with Gasteiger partial charge in [0.2, 0.25) is 0 Å². The average molecular weight is 403 g/mol. The van der Waals surface area contributed by atoms with Crippen LogP contribution in [0, 0.1) is 11.8 Å². The van der Waals surface area contributed by atoms with E-state index in [1.807, 2.05) is 17.4 Å². The number of hydrogen-bond acceptors (Lipinski definition) is 2. The van der Waals surface area contributed by atoms with Crippen LogP contribution in [-0.2, 0) is 11.8 Å². The molecule has 3 aliphatic carbocycles. The van der Waals surface area contributed by atoms with Gasteiger partial charge in [0.15, 0.2) is 0 Å². The molecule has 1 saturated carbocycles. The van der Waals surface area contributed by atoms with Gasteiger partial charge in [0, 0.05) is 15.1 Å². The monoisotopic (exact) mass is 402 g/mol. The van der Waals surface area contributed by atoms with E-state index in [9.17, 15) is 0 Å². The molecule has 1 unspecified atom stereocenters. The zero-order valence-corrected chi connectivity index (χ0v) is 16.9. The molecule has 28 heavy (non-hydrogen) atoms. The first-order valence-electron chi connectivity index (χ1n) is 10.2. The van der Waals surface area contributed by atoms with Crippen molar-refractivity contribution >= 4 is 38.6 Å². The molecule has 2 aromatic carbocycles. The number of halogens is 1. The topological polar surface area (TPSA) is 9.23 Å². The molecule has 7 rings (SSSR count). The Bertz CT molecular complexity index is 1230. The van der Waals surface area contributed by atoms with Gasteiger partial charge >= 0.3 is 0 Å². The van der Waals surface area contributed by atoms with Crippen molar-refractivity contribution in [3.63, 3.8) is 0 Å². The zero-order valence-electron chi connectivity index (χ0n) is 15.4. The molecule has 0 N–H and O–H groups in total. The average Bonchev–Trinajstić information content (AvgIpc) is 3.24. The van der Waals surface area contributed by atoms with Crippen molar-refractivity contribution < 1.29 is 4.74 Å². The summed E-state index contributed by atoms with van der Waals surface area (Å²) in [7, 11) is 0. The van der Waals surface area contributed by atoms with Crippen LogP contribution in [0.25, 0.3) is 15.7 Å². The molecule has 2 heterocycles. The number of rotatable bonds is 1. The standard InChI is InChI=1S/C25H19ClOS/c26-20-9-4-8-18-23(20)27-22-12-11-14(19-13-25(18,19)22)16-6-3-7-17-15-5-1-2-10-21(15)28-24(16)17/h1-2,4-6,8-10,12,14,19H,3,7,11,13H2/t14-,19-,25?/m1/s1. The van der Waals surface area contributed by atoms with Gasteiger partial charge in [-0.1, -0.05) is 48.0 Å². The lowest BCUT2D eigenvalue weighted by Gasteiger charge is -2.28. The first-order valence-corrected chi connectivity index (χ1v) is 11.3. The van der Waals surface area contributed by atoms with Crippen molar-refractivity contribution in [2.24, 2.45) is 11.8 Å². The van der Waals surface area contributed by atoms with E-state index in [2.05, 4.69) is 48.6 Å². The van der Waals surface area contributed by atoms with Crippen molar-refractivity contribution in [3.8, 4) is 5.75 Å². The van der Waals surface area contributed by atoms with Gasteiger partial charge < -0.3 is 4.74 Å². The molecule has 0 radical (unpaired) electrons. The van der Waals surface area contributed by atoms with Gasteiger partial charge in [-0.15, -0.1) is 11.3 Å². The fourth-order valence-corrected chi connectivity index (χ4v) is 7.56. The molecule has 1 aromatic heterocycles. The lowest BCUT2D eigenvalue weighted by Crippen LogP contribution is -2.21. The normalized spacial score (nSPS) is 29.2. The summed E-state index contributed by atoms with van der Waals surface area (Å²) in [4.78, 5) is 1.54. The molecular weight excluding hydrogens is 384 g/mol. The Morgan fingerprint density at radius 2 is 2.00 bits per heavy atom. The van der Waals surface area contributed by atoms with Crippen LogP contribution in [0.1, 0.15) is 35.3 Å². The SMILES string of the molecule is Clc1cccc2c1OC1=CC[C@H](C3=CCCc4c3sc3ccccc43)[C@H]3CC123. The Labute approximate surface area is 173 Å². The van der Waals surface area contributed by atoms with Crippen molar-refractivity contribution in [2.45, 2.75) is 31.1 Å². The highest BCUT2D eigenvalue weighted by Crippen LogP contribution is 2.72. The number of benzene rings is 2.